The van der Waals surface area contributed by atoms with E-state index in [0.29, 0.717) is 19.7 Å². The molecule has 1 aromatic heterocycles. The number of carbonyl (C=O) groups excluding carboxylic acids is 1. The highest BCUT2D eigenvalue weighted by Gasteiger charge is 2.30. The van der Waals surface area contributed by atoms with Crippen LogP contribution in [0, 0.1) is 0 Å². The van der Waals surface area contributed by atoms with Gasteiger partial charge in [-0.3, -0.25) is 14.8 Å². The average molecular weight is 250 g/mol. The van der Waals surface area contributed by atoms with Crippen LogP contribution >= 0.6 is 0 Å². The molecule has 0 saturated carbocycles. The van der Waals surface area contributed by atoms with Crippen molar-refractivity contribution in [1.82, 2.24) is 20.2 Å². The first-order chi connectivity index (χ1) is 8.68. The van der Waals surface area contributed by atoms with E-state index in [1.165, 1.54) is 0 Å². The third-order valence-corrected chi connectivity index (χ3v) is 2.97. The van der Waals surface area contributed by atoms with Crippen molar-refractivity contribution in [2.45, 2.75) is 25.6 Å². The summed E-state index contributed by atoms with van der Waals surface area (Å²) in [6.45, 7) is 3.72. The Kier molecular flexibility index (Phi) is 4.22. The quantitative estimate of drug-likeness (QED) is 0.805. The smallest absolute Gasteiger partial charge is 0.242 e. The lowest BCUT2D eigenvalue weighted by atomic mass is 10.1. The van der Waals surface area contributed by atoms with Gasteiger partial charge in [0.05, 0.1) is 31.1 Å². The maximum absolute atomic E-state index is 12.2. The molecule has 18 heavy (non-hydrogen) atoms. The van der Waals surface area contributed by atoms with Crippen molar-refractivity contribution in [2.24, 2.45) is 0 Å². The standard InChI is InChI=1S/C12H18N4O2/c1-9-11(15-5-6-18-9)12(17)16(2)8-10-7-13-3-4-14-10/h3-4,7,9,11,15H,5-6,8H2,1-2H3/t9-,11+/m1/s1. The van der Waals surface area contributed by atoms with E-state index in [-0.39, 0.29) is 18.1 Å². The molecule has 98 valence electrons. The Morgan fingerprint density at radius 3 is 3.11 bits per heavy atom. The number of amides is 1. The Bertz CT molecular complexity index is 398. The Balaban J connectivity index is 1.96. The molecule has 6 heteroatoms. The van der Waals surface area contributed by atoms with E-state index < -0.39 is 0 Å². The van der Waals surface area contributed by atoms with E-state index >= 15 is 0 Å². The minimum absolute atomic E-state index is 0.0212. The van der Waals surface area contributed by atoms with Crippen molar-refractivity contribution in [3.05, 3.63) is 24.3 Å². The van der Waals surface area contributed by atoms with Crippen molar-refractivity contribution >= 4 is 5.91 Å². The van der Waals surface area contributed by atoms with Crippen LogP contribution in [0.1, 0.15) is 12.6 Å². The van der Waals surface area contributed by atoms with Crippen molar-refractivity contribution in [3.8, 4) is 0 Å². The lowest BCUT2D eigenvalue weighted by Gasteiger charge is -2.32. The summed E-state index contributed by atoms with van der Waals surface area (Å²) in [6.07, 6.45) is 4.80. The number of likely N-dealkylation sites (N-methyl/N-ethyl adjacent to an activating group) is 1. The van der Waals surface area contributed by atoms with Gasteiger partial charge >= 0.3 is 0 Å². The predicted molar refractivity (Wildman–Crippen MR) is 65.7 cm³/mol. The lowest BCUT2D eigenvalue weighted by Crippen LogP contribution is -2.55. The molecule has 2 atom stereocenters. The first kappa shape index (κ1) is 12.9. The van der Waals surface area contributed by atoms with E-state index in [2.05, 4.69) is 15.3 Å². The summed E-state index contributed by atoms with van der Waals surface area (Å²) in [7, 11) is 1.76. The minimum atomic E-state index is -0.277. The van der Waals surface area contributed by atoms with Gasteiger partial charge in [-0.1, -0.05) is 0 Å². The van der Waals surface area contributed by atoms with Gasteiger partial charge in [-0.05, 0) is 6.92 Å². The van der Waals surface area contributed by atoms with E-state index in [4.69, 9.17) is 4.74 Å². The second-order valence-electron chi connectivity index (χ2n) is 4.40. The number of carbonyl (C=O) groups is 1. The summed E-state index contributed by atoms with van der Waals surface area (Å²) >= 11 is 0. The highest BCUT2D eigenvalue weighted by atomic mass is 16.5. The highest BCUT2D eigenvalue weighted by molar-refractivity contribution is 5.82. The SMILES string of the molecule is C[C@H]1OCCN[C@@H]1C(=O)N(C)Cc1cnccn1. The Hall–Kier alpha value is -1.53. The Morgan fingerprint density at radius 2 is 2.44 bits per heavy atom. The monoisotopic (exact) mass is 250 g/mol. The van der Waals surface area contributed by atoms with Crippen LogP contribution in [0.4, 0.5) is 0 Å². The zero-order chi connectivity index (χ0) is 13.0. The largest absolute Gasteiger partial charge is 0.375 e. The number of hydrogen-bond acceptors (Lipinski definition) is 5. The lowest BCUT2D eigenvalue weighted by molar-refractivity contribution is -0.138. The van der Waals surface area contributed by atoms with E-state index in [1.807, 2.05) is 6.92 Å². The van der Waals surface area contributed by atoms with E-state index in [1.54, 1.807) is 30.5 Å². The van der Waals surface area contributed by atoms with Crippen molar-refractivity contribution in [2.75, 3.05) is 20.2 Å². The van der Waals surface area contributed by atoms with Crippen LogP contribution < -0.4 is 5.32 Å². The zero-order valence-corrected chi connectivity index (χ0v) is 10.7. The summed E-state index contributed by atoms with van der Waals surface area (Å²) in [6, 6.07) is -0.277. The number of rotatable bonds is 3. The molecule has 1 aliphatic heterocycles. The molecule has 1 aliphatic rings. The summed E-state index contributed by atoms with van der Waals surface area (Å²) < 4.78 is 5.47. The molecular formula is C12H18N4O2. The molecule has 2 rings (SSSR count). The summed E-state index contributed by atoms with van der Waals surface area (Å²) in [5.74, 6) is 0.0212. The number of aromatic nitrogens is 2. The van der Waals surface area contributed by atoms with Gasteiger partial charge in [0.25, 0.3) is 0 Å². The molecule has 0 aromatic carbocycles. The first-order valence-corrected chi connectivity index (χ1v) is 6.03. The third kappa shape index (κ3) is 3.02. The summed E-state index contributed by atoms with van der Waals surface area (Å²) in [5.41, 5.74) is 0.776. The van der Waals surface area contributed by atoms with Crippen molar-refractivity contribution in [3.63, 3.8) is 0 Å². The molecule has 0 bridgehead atoms. The molecule has 0 spiro atoms. The van der Waals surface area contributed by atoms with Gasteiger partial charge in [0.15, 0.2) is 0 Å². The summed E-state index contributed by atoms with van der Waals surface area (Å²) in [4.78, 5) is 22.0. The van der Waals surface area contributed by atoms with Gasteiger partial charge in [-0.25, -0.2) is 0 Å². The normalized spacial score (nSPS) is 23.7. The average Bonchev–Trinajstić information content (AvgIpc) is 2.39. The first-order valence-electron chi connectivity index (χ1n) is 6.03. The van der Waals surface area contributed by atoms with E-state index in [0.717, 1.165) is 5.69 Å². The zero-order valence-electron chi connectivity index (χ0n) is 10.7. The number of nitrogens with one attached hydrogen (secondary N) is 1. The van der Waals surface area contributed by atoms with Crippen LogP contribution in [0.2, 0.25) is 0 Å². The molecule has 2 heterocycles. The molecule has 0 aliphatic carbocycles. The van der Waals surface area contributed by atoms with Crippen LogP contribution in [-0.2, 0) is 16.1 Å². The predicted octanol–water partition coefficient (Wildman–Crippen LogP) is -0.188. The van der Waals surface area contributed by atoms with Crippen LogP contribution in [0.15, 0.2) is 18.6 Å². The third-order valence-electron chi connectivity index (χ3n) is 2.97. The van der Waals surface area contributed by atoms with Crippen molar-refractivity contribution in [1.29, 1.82) is 0 Å². The molecular weight excluding hydrogens is 232 g/mol. The molecule has 1 saturated heterocycles. The maximum atomic E-state index is 12.2. The number of nitrogens with zero attached hydrogens (tertiary/aromatic N) is 3. The van der Waals surface area contributed by atoms with Crippen molar-refractivity contribution < 1.29 is 9.53 Å². The second-order valence-corrected chi connectivity index (χ2v) is 4.40. The van der Waals surface area contributed by atoms with Gasteiger partial charge in [0, 0.05) is 26.0 Å². The molecule has 0 unspecified atom stereocenters. The van der Waals surface area contributed by atoms with E-state index in [9.17, 15) is 4.79 Å². The molecule has 1 aromatic rings. The maximum Gasteiger partial charge on any atom is 0.242 e. The van der Waals surface area contributed by atoms with Crippen LogP contribution in [0.25, 0.3) is 0 Å². The molecule has 6 nitrogen and oxygen atoms in total. The van der Waals surface area contributed by atoms with Gasteiger partial charge in [0.2, 0.25) is 5.91 Å². The van der Waals surface area contributed by atoms with Gasteiger partial charge in [-0.15, -0.1) is 0 Å². The Morgan fingerprint density at radius 1 is 1.61 bits per heavy atom. The molecule has 0 radical (unpaired) electrons. The van der Waals surface area contributed by atoms with Crippen LogP contribution in [0.5, 0.6) is 0 Å². The number of hydrogen-bond donors (Lipinski definition) is 1. The fraction of sp³-hybridized carbons (Fsp3) is 0.583. The number of ether oxygens (including phenoxy) is 1. The molecule has 1 amide bonds. The highest BCUT2D eigenvalue weighted by Crippen LogP contribution is 2.08. The fourth-order valence-electron chi connectivity index (χ4n) is 1.98. The van der Waals surface area contributed by atoms with Gasteiger partial charge < -0.3 is 15.0 Å². The van der Waals surface area contributed by atoms with Crippen LogP contribution in [0.3, 0.4) is 0 Å². The number of morpholine rings is 1. The minimum Gasteiger partial charge on any atom is -0.375 e. The van der Waals surface area contributed by atoms with Crippen LogP contribution in [-0.4, -0.2) is 53.1 Å². The molecule has 1 fully saturated rings. The van der Waals surface area contributed by atoms with Gasteiger partial charge in [-0.2, -0.15) is 0 Å². The topological polar surface area (TPSA) is 67.3 Å². The fourth-order valence-corrected chi connectivity index (χ4v) is 1.98. The molecule has 1 N–H and O–H groups in total. The Labute approximate surface area is 106 Å². The summed E-state index contributed by atoms with van der Waals surface area (Å²) in [5, 5.41) is 3.18. The second kappa shape index (κ2) is 5.88. The van der Waals surface area contributed by atoms with Gasteiger partial charge in [0.1, 0.15) is 6.04 Å².